The van der Waals surface area contributed by atoms with E-state index in [9.17, 15) is 5.26 Å². The van der Waals surface area contributed by atoms with Gasteiger partial charge in [0.15, 0.2) is 17.9 Å². The van der Waals surface area contributed by atoms with Gasteiger partial charge in [0.25, 0.3) is 0 Å². The van der Waals surface area contributed by atoms with E-state index >= 15 is 0 Å². The molecule has 1 aliphatic heterocycles. The number of ether oxygens (including phenoxy) is 3. The summed E-state index contributed by atoms with van der Waals surface area (Å²) in [6.07, 6.45) is 1.20. The molecule has 11 heteroatoms. The van der Waals surface area contributed by atoms with Crippen LogP contribution in [-0.4, -0.2) is 35.1 Å². The fourth-order valence-electron chi connectivity index (χ4n) is 4.27. The molecular formula is C29H24ClN5O4S. The second kappa shape index (κ2) is 11.6. The molecule has 2 aromatic carbocycles. The number of rotatable bonds is 8. The number of benzene rings is 2. The number of pyridine rings is 1. The first-order valence-electron chi connectivity index (χ1n) is 12.2. The summed E-state index contributed by atoms with van der Waals surface area (Å²) in [6.45, 7) is 12.2. The largest absolute Gasteiger partial charge is 0.491 e. The summed E-state index contributed by atoms with van der Waals surface area (Å²) < 4.78 is 22.8. The molecule has 4 aromatic rings. The highest BCUT2D eigenvalue weighted by atomic mass is 35.5. The van der Waals surface area contributed by atoms with Crippen LogP contribution in [-0.2, 0) is 15.2 Å². The molecule has 1 fully saturated rings. The number of aromatic nitrogens is 2. The van der Waals surface area contributed by atoms with Crippen LogP contribution in [0.4, 0.5) is 11.5 Å². The fraction of sp³-hybridized carbons (Fsp3) is 0.241. The average Bonchev–Trinajstić information content (AvgIpc) is 3.56. The van der Waals surface area contributed by atoms with Crippen LogP contribution in [0.3, 0.4) is 0 Å². The van der Waals surface area contributed by atoms with E-state index in [0.717, 1.165) is 5.56 Å². The minimum atomic E-state index is -0.621. The Balaban J connectivity index is 1.38. The van der Waals surface area contributed by atoms with Crippen molar-refractivity contribution < 1.29 is 18.6 Å². The number of hydrogen-bond donors (Lipinski definition) is 1. The minimum Gasteiger partial charge on any atom is -0.491 e. The highest BCUT2D eigenvalue weighted by Gasteiger charge is 2.33. The third-order valence-corrected chi connectivity index (χ3v) is 7.37. The summed E-state index contributed by atoms with van der Waals surface area (Å²) in [5, 5.41) is 11.2. The number of oxazole rings is 1. The SMILES string of the molecule is [C-]#[N+]c1c(N)nc(SCc2ncoc2-c2ccc(Cl)cc2)c(C#N)c1-c1ccc(OC[C@H]2COC(C)(C)O2)cc1. The minimum absolute atomic E-state index is 0.0471. The van der Waals surface area contributed by atoms with Crippen molar-refractivity contribution >= 4 is 34.9 Å². The standard InChI is InChI=1S/C29H24ClN5O4S/c1-29(2)38-14-21(39-29)13-36-20-10-6-17(7-11-20)24-22(12-31)28(35-27(32)25(24)33-3)40-15-23-26(37-16-34-23)18-4-8-19(30)9-5-18/h4-11,16,21H,13-15H2,1-2H3,(H2,32,35)/t21-/m0/s1. The predicted octanol–water partition coefficient (Wildman–Crippen LogP) is 6.88. The van der Waals surface area contributed by atoms with Gasteiger partial charge in [-0.3, -0.25) is 0 Å². The van der Waals surface area contributed by atoms with Crippen LogP contribution in [0.1, 0.15) is 25.1 Å². The highest BCUT2D eigenvalue weighted by Crippen LogP contribution is 2.42. The molecule has 0 radical (unpaired) electrons. The summed E-state index contributed by atoms with van der Waals surface area (Å²) in [5.41, 5.74) is 9.16. The van der Waals surface area contributed by atoms with E-state index in [-0.39, 0.29) is 23.2 Å². The second-order valence-corrected chi connectivity index (χ2v) is 10.7. The Hall–Kier alpha value is -4.06. The molecule has 1 atom stereocenters. The lowest BCUT2D eigenvalue weighted by molar-refractivity contribution is -0.141. The number of nitriles is 1. The molecule has 0 amide bonds. The van der Waals surface area contributed by atoms with Crippen molar-refractivity contribution in [3.05, 3.63) is 82.6 Å². The Morgan fingerprint density at radius 2 is 1.93 bits per heavy atom. The van der Waals surface area contributed by atoms with Gasteiger partial charge < -0.3 is 24.4 Å². The monoisotopic (exact) mass is 573 g/mol. The number of nitrogens with zero attached hydrogens (tertiary/aromatic N) is 4. The van der Waals surface area contributed by atoms with Crippen LogP contribution < -0.4 is 10.5 Å². The zero-order valence-electron chi connectivity index (χ0n) is 21.7. The van der Waals surface area contributed by atoms with Gasteiger partial charge in [-0.2, -0.15) is 5.26 Å². The molecule has 1 aliphatic rings. The van der Waals surface area contributed by atoms with E-state index < -0.39 is 5.79 Å². The maximum atomic E-state index is 10.1. The topological polar surface area (TPSA) is 121 Å². The van der Waals surface area contributed by atoms with Crippen LogP contribution in [0.25, 0.3) is 27.3 Å². The molecule has 1 saturated heterocycles. The molecule has 0 bridgehead atoms. The van der Waals surface area contributed by atoms with Crippen molar-refractivity contribution in [3.63, 3.8) is 0 Å². The Bertz CT molecular complexity index is 1610. The van der Waals surface area contributed by atoms with Crippen LogP contribution in [0.15, 0.2) is 64.4 Å². The number of hydrogen-bond acceptors (Lipinski definition) is 9. The van der Waals surface area contributed by atoms with E-state index in [0.29, 0.717) is 57.3 Å². The number of nitrogens with two attached hydrogens (primary N) is 1. The predicted molar refractivity (Wildman–Crippen MR) is 152 cm³/mol. The molecule has 0 aliphatic carbocycles. The molecular weight excluding hydrogens is 550 g/mol. The van der Waals surface area contributed by atoms with Crippen molar-refractivity contribution in [2.24, 2.45) is 0 Å². The van der Waals surface area contributed by atoms with E-state index in [1.54, 1.807) is 36.4 Å². The number of halogens is 1. The van der Waals surface area contributed by atoms with E-state index in [1.807, 2.05) is 26.0 Å². The lowest BCUT2D eigenvalue weighted by Gasteiger charge is -2.17. The van der Waals surface area contributed by atoms with Crippen LogP contribution in [0.5, 0.6) is 5.75 Å². The summed E-state index contributed by atoms with van der Waals surface area (Å²) >= 11 is 7.31. The number of nitrogen functional groups attached to an aromatic ring is 1. The third kappa shape index (κ3) is 5.91. The van der Waals surface area contributed by atoms with Gasteiger partial charge in [-0.25, -0.2) is 14.8 Å². The Kier molecular flexibility index (Phi) is 7.97. The molecule has 0 saturated carbocycles. The van der Waals surface area contributed by atoms with Crippen LogP contribution >= 0.6 is 23.4 Å². The molecule has 40 heavy (non-hydrogen) atoms. The van der Waals surface area contributed by atoms with Crippen molar-refractivity contribution in [2.45, 2.75) is 36.5 Å². The molecule has 2 aromatic heterocycles. The first kappa shape index (κ1) is 27.5. The maximum Gasteiger partial charge on any atom is 0.236 e. The normalized spacial score (nSPS) is 15.9. The number of thioether (sulfide) groups is 1. The second-order valence-electron chi connectivity index (χ2n) is 9.33. The van der Waals surface area contributed by atoms with Gasteiger partial charge in [0.1, 0.15) is 35.4 Å². The van der Waals surface area contributed by atoms with E-state index in [4.69, 9.17) is 42.5 Å². The zero-order chi connectivity index (χ0) is 28.3. The lowest BCUT2D eigenvalue weighted by atomic mass is 10.00. The van der Waals surface area contributed by atoms with Gasteiger partial charge in [0, 0.05) is 21.9 Å². The maximum absolute atomic E-state index is 10.1. The zero-order valence-corrected chi connectivity index (χ0v) is 23.3. The fourth-order valence-corrected chi connectivity index (χ4v) is 5.33. The Morgan fingerprint density at radius 3 is 2.58 bits per heavy atom. The summed E-state index contributed by atoms with van der Waals surface area (Å²) in [4.78, 5) is 12.3. The quantitative estimate of drug-likeness (QED) is 0.177. The Morgan fingerprint density at radius 1 is 1.20 bits per heavy atom. The van der Waals surface area contributed by atoms with Crippen LogP contribution in [0, 0.1) is 17.9 Å². The van der Waals surface area contributed by atoms with Gasteiger partial charge in [0.2, 0.25) is 5.69 Å². The summed E-state index contributed by atoms with van der Waals surface area (Å²) in [7, 11) is 0. The first-order valence-corrected chi connectivity index (χ1v) is 13.6. The van der Waals surface area contributed by atoms with Crippen molar-refractivity contribution in [1.82, 2.24) is 9.97 Å². The van der Waals surface area contributed by atoms with Gasteiger partial charge >= 0.3 is 0 Å². The van der Waals surface area contributed by atoms with Crippen molar-refractivity contribution in [1.29, 1.82) is 5.26 Å². The average molecular weight is 574 g/mol. The van der Waals surface area contributed by atoms with Gasteiger partial charge in [-0.05, 0) is 55.8 Å². The first-order chi connectivity index (χ1) is 19.3. The third-order valence-electron chi connectivity index (χ3n) is 6.13. The van der Waals surface area contributed by atoms with Gasteiger partial charge in [0.05, 0.1) is 24.4 Å². The lowest BCUT2D eigenvalue weighted by Crippen LogP contribution is -2.25. The Labute approximate surface area is 240 Å². The van der Waals surface area contributed by atoms with Crippen molar-refractivity contribution in [2.75, 3.05) is 18.9 Å². The molecule has 0 unspecified atom stereocenters. The molecule has 202 valence electrons. The van der Waals surface area contributed by atoms with Crippen LogP contribution in [0.2, 0.25) is 5.02 Å². The molecule has 0 spiro atoms. The summed E-state index contributed by atoms with van der Waals surface area (Å²) in [5.74, 6) is 1.01. The van der Waals surface area contributed by atoms with Crippen molar-refractivity contribution in [3.8, 4) is 34.3 Å². The van der Waals surface area contributed by atoms with E-state index in [2.05, 4.69) is 20.9 Å². The molecule has 3 heterocycles. The highest BCUT2D eigenvalue weighted by molar-refractivity contribution is 7.98. The smallest absolute Gasteiger partial charge is 0.236 e. The summed E-state index contributed by atoms with van der Waals surface area (Å²) in [6, 6.07) is 16.6. The molecule has 5 rings (SSSR count). The van der Waals surface area contributed by atoms with Gasteiger partial charge in [-0.1, -0.05) is 35.5 Å². The van der Waals surface area contributed by atoms with E-state index in [1.165, 1.54) is 18.2 Å². The molecule has 9 nitrogen and oxygen atoms in total. The number of anilines is 1. The van der Waals surface area contributed by atoms with Gasteiger partial charge in [-0.15, -0.1) is 0 Å². The molecule has 2 N–H and O–H groups in total.